The van der Waals surface area contributed by atoms with Crippen molar-refractivity contribution in [3.63, 3.8) is 0 Å². The van der Waals surface area contributed by atoms with Gasteiger partial charge in [-0.25, -0.2) is 0 Å². The van der Waals surface area contributed by atoms with Gasteiger partial charge in [-0.3, -0.25) is 14.7 Å². The molecule has 0 aromatic carbocycles. The maximum Gasteiger partial charge on any atom is 0.307 e. The second-order valence-corrected chi connectivity index (χ2v) is 4.69. The lowest BCUT2D eigenvalue weighted by Crippen LogP contribution is -2.51. The summed E-state index contributed by atoms with van der Waals surface area (Å²) in [6, 6.07) is 4.24. The number of hydrogen-bond acceptors (Lipinski definition) is 5. The van der Waals surface area contributed by atoms with Crippen molar-refractivity contribution in [2.75, 3.05) is 26.2 Å². The van der Waals surface area contributed by atoms with Crippen molar-refractivity contribution in [2.24, 2.45) is 0 Å². The third kappa shape index (κ3) is 4.29. The first-order valence-electron chi connectivity index (χ1n) is 6.79. The minimum atomic E-state index is -0.115. The summed E-state index contributed by atoms with van der Waals surface area (Å²) < 4.78 is 5.04. The van der Waals surface area contributed by atoms with Gasteiger partial charge in [-0.2, -0.15) is 0 Å². The molecule has 0 bridgehead atoms. The van der Waals surface area contributed by atoms with Crippen LogP contribution in [0.3, 0.4) is 0 Å². The highest BCUT2D eigenvalue weighted by molar-refractivity contribution is 5.70. The summed E-state index contributed by atoms with van der Waals surface area (Å²) in [6.45, 7) is 5.89. The van der Waals surface area contributed by atoms with E-state index in [1.54, 1.807) is 12.4 Å². The molecular weight excluding hydrogens is 242 g/mol. The first-order valence-corrected chi connectivity index (χ1v) is 6.79. The van der Waals surface area contributed by atoms with Gasteiger partial charge in [-0.05, 0) is 24.6 Å². The second-order valence-electron chi connectivity index (χ2n) is 4.69. The standard InChI is InChI=1S/C14H21N3O2/c1-2-19-14(18)9-13-10-16-7-8-17(13)11-12-3-5-15-6-4-12/h3-6,13,16H,2,7-11H2,1H3. The summed E-state index contributed by atoms with van der Waals surface area (Å²) in [5.74, 6) is -0.115. The number of rotatable bonds is 5. The van der Waals surface area contributed by atoms with Crippen molar-refractivity contribution in [3.8, 4) is 0 Å². The summed E-state index contributed by atoms with van der Waals surface area (Å²) in [7, 11) is 0. The molecule has 19 heavy (non-hydrogen) atoms. The highest BCUT2D eigenvalue weighted by atomic mass is 16.5. The summed E-state index contributed by atoms with van der Waals surface area (Å²) >= 11 is 0. The molecule has 0 radical (unpaired) electrons. The SMILES string of the molecule is CCOC(=O)CC1CNCCN1Cc1ccncc1. The van der Waals surface area contributed by atoms with E-state index >= 15 is 0 Å². The van der Waals surface area contributed by atoms with E-state index < -0.39 is 0 Å². The highest BCUT2D eigenvalue weighted by Crippen LogP contribution is 2.13. The fourth-order valence-corrected chi connectivity index (χ4v) is 2.35. The van der Waals surface area contributed by atoms with E-state index in [9.17, 15) is 4.79 Å². The number of ether oxygens (including phenoxy) is 1. The second kappa shape index (κ2) is 7.21. The first-order chi connectivity index (χ1) is 9.29. The molecule has 5 heteroatoms. The molecule has 104 valence electrons. The predicted octanol–water partition coefficient (Wildman–Crippen LogP) is 0.809. The van der Waals surface area contributed by atoms with Gasteiger partial charge in [-0.15, -0.1) is 0 Å². The maximum absolute atomic E-state index is 11.6. The average Bonchev–Trinajstić information content (AvgIpc) is 2.42. The lowest BCUT2D eigenvalue weighted by Gasteiger charge is -2.35. The van der Waals surface area contributed by atoms with Crippen LogP contribution < -0.4 is 5.32 Å². The molecule has 0 aliphatic carbocycles. The van der Waals surface area contributed by atoms with Crippen LogP contribution in [0, 0.1) is 0 Å². The monoisotopic (exact) mass is 263 g/mol. The van der Waals surface area contributed by atoms with E-state index in [1.807, 2.05) is 19.1 Å². The van der Waals surface area contributed by atoms with E-state index in [4.69, 9.17) is 4.74 Å². The van der Waals surface area contributed by atoms with E-state index in [0.29, 0.717) is 13.0 Å². The molecule has 1 aromatic heterocycles. The number of aromatic nitrogens is 1. The number of hydrogen-bond donors (Lipinski definition) is 1. The van der Waals surface area contributed by atoms with Crippen LogP contribution in [0.15, 0.2) is 24.5 Å². The van der Waals surface area contributed by atoms with E-state index in [-0.39, 0.29) is 12.0 Å². The van der Waals surface area contributed by atoms with Crippen molar-refractivity contribution in [2.45, 2.75) is 25.9 Å². The zero-order valence-corrected chi connectivity index (χ0v) is 11.3. The van der Waals surface area contributed by atoms with Crippen LogP contribution in [-0.4, -0.2) is 48.1 Å². The molecule has 2 heterocycles. The molecule has 1 aliphatic rings. The molecule has 1 unspecified atom stereocenters. The number of pyridine rings is 1. The smallest absolute Gasteiger partial charge is 0.307 e. The van der Waals surface area contributed by atoms with Gasteiger partial charge in [-0.1, -0.05) is 0 Å². The van der Waals surface area contributed by atoms with Gasteiger partial charge >= 0.3 is 5.97 Å². The van der Waals surface area contributed by atoms with Crippen LogP contribution in [0.5, 0.6) is 0 Å². The van der Waals surface area contributed by atoms with Gasteiger partial charge in [0.1, 0.15) is 0 Å². The lowest BCUT2D eigenvalue weighted by atomic mass is 10.1. The van der Waals surface area contributed by atoms with E-state index in [0.717, 1.165) is 26.2 Å². The topological polar surface area (TPSA) is 54.5 Å². The van der Waals surface area contributed by atoms with E-state index in [2.05, 4.69) is 15.2 Å². The van der Waals surface area contributed by atoms with Gasteiger partial charge < -0.3 is 10.1 Å². The fraction of sp³-hybridized carbons (Fsp3) is 0.571. The summed E-state index contributed by atoms with van der Waals surface area (Å²) in [5, 5.41) is 3.34. The van der Waals surface area contributed by atoms with Crippen molar-refractivity contribution >= 4 is 5.97 Å². The van der Waals surface area contributed by atoms with Crippen LogP contribution >= 0.6 is 0 Å². The molecule has 0 spiro atoms. The number of esters is 1. The number of nitrogens with one attached hydrogen (secondary N) is 1. The zero-order valence-electron chi connectivity index (χ0n) is 11.3. The van der Waals surface area contributed by atoms with Crippen LogP contribution in [0.4, 0.5) is 0 Å². The average molecular weight is 263 g/mol. The highest BCUT2D eigenvalue weighted by Gasteiger charge is 2.25. The molecule has 2 rings (SSSR count). The Labute approximate surface area is 114 Å². The van der Waals surface area contributed by atoms with Gasteiger partial charge in [0, 0.05) is 44.6 Å². The van der Waals surface area contributed by atoms with Crippen molar-refractivity contribution < 1.29 is 9.53 Å². The van der Waals surface area contributed by atoms with Crippen LogP contribution in [-0.2, 0) is 16.1 Å². The Morgan fingerprint density at radius 1 is 1.53 bits per heavy atom. The third-order valence-electron chi connectivity index (χ3n) is 3.31. The Balaban J connectivity index is 1.94. The van der Waals surface area contributed by atoms with Crippen LogP contribution in [0.1, 0.15) is 18.9 Å². The molecule has 1 atom stereocenters. The number of piperazine rings is 1. The molecule has 1 aromatic rings. The largest absolute Gasteiger partial charge is 0.466 e. The minimum Gasteiger partial charge on any atom is -0.466 e. The quantitative estimate of drug-likeness (QED) is 0.797. The molecule has 1 aliphatic heterocycles. The summed E-state index contributed by atoms with van der Waals surface area (Å²) in [6.07, 6.45) is 4.06. The number of nitrogens with zero attached hydrogens (tertiary/aromatic N) is 2. The Morgan fingerprint density at radius 2 is 2.32 bits per heavy atom. The van der Waals surface area contributed by atoms with Crippen LogP contribution in [0.25, 0.3) is 0 Å². The predicted molar refractivity (Wildman–Crippen MR) is 72.6 cm³/mol. The van der Waals surface area contributed by atoms with E-state index in [1.165, 1.54) is 5.56 Å². The van der Waals surface area contributed by atoms with Crippen LogP contribution in [0.2, 0.25) is 0 Å². The zero-order chi connectivity index (χ0) is 13.5. The van der Waals surface area contributed by atoms with Crippen molar-refractivity contribution in [3.05, 3.63) is 30.1 Å². The Morgan fingerprint density at radius 3 is 3.05 bits per heavy atom. The number of carbonyl (C=O) groups excluding carboxylic acids is 1. The Bertz CT molecular complexity index is 397. The number of carbonyl (C=O) groups is 1. The molecule has 5 nitrogen and oxygen atoms in total. The molecule has 1 fully saturated rings. The van der Waals surface area contributed by atoms with Gasteiger partial charge in [0.2, 0.25) is 0 Å². The molecule has 1 N–H and O–H groups in total. The first kappa shape index (κ1) is 14.0. The minimum absolute atomic E-state index is 0.115. The lowest BCUT2D eigenvalue weighted by molar-refractivity contribution is -0.144. The maximum atomic E-state index is 11.6. The summed E-state index contributed by atoms with van der Waals surface area (Å²) in [5.41, 5.74) is 1.23. The fourth-order valence-electron chi connectivity index (χ4n) is 2.35. The Hall–Kier alpha value is -1.46. The van der Waals surface area contributed by atoms with Gasteiger partial charge in [0.25, 0.3) is 0 Å². The Kier molecular flexibility index (Phi) is 5.30. The van der Waals surface area contributed by atoms with Gasteiger partial charge in [0.15, 0.2) is 0 Å². The molecule has 0 amide bonds. The molecule has 0 saturated carbocycles. The summed E-state index contributed by atoms with van der Waals surface area (Å²) in [4.78, 5) is 18.0. The molecular formula is C14H21N3O2. The van der Waals surface area contributed by atoms with Crippen molar-refractivity contribution in [1.82, 2.24) is 15.2 Å². The van der Waals surface area contributed by atoms with Crippen molar-refractivity contribution in [1.29, 1.82) is 0 Å². The molecule has 1 saturated heterocycles. The normalized spacial score (nSPS) is 20.2. The third-order valence-corrected chi connectivity index (χ3v) is 3.31. The van der Waals surface area contributed by atoms with Gasteiger partial charge in [0.05, 0.1) is 13.0 Å².